The van der Waals surface area contributed by atoms with Crippen molar-refractivity contribution in [1.82, 2.24) is 24.7 Å². The molecule has 3 heterocycles. The van der Waals surface area contributed by atoms with Crippen LogP contribution in [0.5, 0.6) is 0 Å². The molecule has 3 aromatic heterocycles. The first-order chi connectivity index (χ1) is 16.0. The van der Waals surface area contributed by atoms with E-state index in [1.165, 1.54) is 0 Å². The average Bonchev–Trinajstić information content (AvgIpc) is 3.44. The first kappa shape index (κ1) is 20.6. The van der Waals surface area contributed by atoms with Gasteiger partial charge in [-0.05, 0) is 29.8 Å². The Morgan fingerprint density at radius 2 is 2.24 bits per heavy atom. The zero-order chi connectivity index (χ0) is 23.0. The molecule has 164 valence electrons. The van der Waals surface area contributed by atoms with Crippen molar-refractivity contribution < 1.29 is 4.79 Å². The highest BCUT2D eigenvalue weighted by molar-refractivity contribution is 6.05. The van der Waals surface area contributed by atoms with Crippen molar-refractivity contribution in [3.63, 3.8) is 0 Å². The quantitative estimate of drug-likeness (QED) is 0.443. The number of hydrogen-bond acceptors (Lipinski definition) is 4. The van der Waals surface area contributed by atoms with Crippen LogP contribution in [0.4, 0.5) is 5.69 Å². The van der Waals surface area contributed by atoms with Crippen LogP contribution in [0.3, 0.4) is 0 Å². The minimum Gasteiger partial charge on any atom is -0.359 e. The van der Waals surface area contributed by atoms with Gasteiger partial charge in [0, 0.05) is 49.2 Å². The summed E-state index contributed by atoms with van der Waals surface area (Å²) in [5.74, 6) is 0.599. The number of pyridine rings is 1. The number of nitrogens with one attached hydrogen (secondary N) is 2. The molecule has 2 N–H and O–H groups in total. The molecular formula is C25H23N7O. The van der Waals surface area contributed by atoms with Gasteiger partial charge < -0.3 is 19.7 Å². The summed E-state index contributed by atoms with van der Waals surface area (Å²) in [6.07, 6.45) is 7.40. The number of carbonyl (C=O) groups excluding carboxylic acids is 1. The molecular weight excluding hydrogens is 414 g/mol. The predicted molar refractivity (Wildman–Crippen MR) is 127 cm³/mol. The number of aromatic nitrogens is 5. The second-order valence-electron chi connectivity index (χ2n) is 8.58. The van der Waals surface area contributed by atoms with Gasteiger partial charge in [0.2, 0.25) is 6.04 Å². The Morgan fingerprint density at radius 3 is 2.97 bits per heavy atom. The first-order valence-corrected chi connectivity index (χ1v) is 10.7. The smallest absolute Gasteiger partial charge is 0.274 e. The molecule has 4 aromatic rings. The Labute approximate surface area is 191 Å². The van der Waals surface area contributed by atoms with Crippen molar-refractivity contribution in [1.29, 1.82) is 0 Å². The number of nitrogens with zero attached hydrogens (tertiary/aromatic N) is 5. The van der Waals surface area contributed by atoms with E-state index in [0.717, 1.165) is 35.3 Å². The fourth-order valence-corrected chi connectivity index (χ4v) is 4.65. The Hall–Kier alpha value is -4.25. The molecule has 0 radical (unpaired) electrons. The SMILES string of the molecule is [C-]#[N+]C1CC(Cc2nncn2C)(c2cccc(NC(=O)c3cc(C=C)c4[nH]ccc4n3)c2)C1. The largest absolute Gasteiger partial charge is 0.359 e. The molecule has 1 aliphatic carbocycles. The van der Waals surface area contributed by atoms with Crippen molar-refractivity contribution in [2.24, 2.45) is 7.05 Å². The van der Waals surface area contributed by atoms with Gasteiger partial charge in [0.25, 0.3) is 5.91 Å². The van der Waals surface area contributed by atoms with E-state index in [9.17, 15) is 4.79 Å². The van der Waals surface area contributed by atoms with Crippen molar-refractivity contribution in [2.75, 3.05) is 5.32 Å². The third kappa shape index (κ3) is 3.68. The predicted octanol–water partition coefficient (Wildman–Crippen LogP) is 4.15. The molecule has 0 unspecified atom stereocenters. The molecule has 5 rings (SSSR count). The monoisotopic (exact) mass is 437 g/mol. The number of amides is 1. The number of benzene rings is 1. The average molecular weight is 438 g/mol. The Bertz CT molecular complexity index is 1400. The van der Waals surface area contributed by atoms with Crippen LogP contribution < -0.4 is 5.32 Å². The van der Waals surface area contributed by atoms with Crippen LogP contribution in [0, 0.1) is 6.57 Å². The van der Waals surface area contributed by atoms with Crippen molar-refractivity contribution in [3.05, 3.63) is 89.6 Å². The van der Waals surface area contributed by atoms with Crippen LogP contribution >= 0.6 is 0 Å². The molecule has 8 heteroatoms. The third-order valence-electron chi connectivity index (χ3n) is 6.47. The van der Waals surface area contributed by atoms with Crippen molar-refractivity contribution >= 4 is 28.7 Å². The highest BCUT2D eigenvalue weighted by atomic mass is 16.1. The maximum absolute atomic E-state index is 13.0. The maximum atomic E-state index is 13.0. The summed E-state index contributed by atoms with van der Waals surface area (Å²) in [5.41, 5.74) is 4.30. The van der Waals surface area contributed by atoms with Crippen LogP contribution in [0.25, 0.3) is 22.0 Å². The summed E-state index contributed by atoms with van der Waals surface area (Å²) < 4.78 is 1.92. The molecule has 0 spiro atoms. The van der Waals surface area contributed by atoms with Gasteiger partial charge in [-0.1, -0.05) is 24.8 Å². The Kier molecular flexibility index (Phi) is 5.02. The van der Waals surface area contributed by atoms with E-state index in [-0.39, 0.29) is 17.4 Å². The lowest BCUT2D eigenvalue weighted by Crippen LogP contribution is -2.45. The number of rotatable bonds is 6. The normalized spacial score (nSPS) is 19.6. The van der Waals surface area contributed by atoms with Crippen LogP contribution in [-0.2, 0) is 18.9 Å². The Morgan fingerprint density at radius 1 is 1.39 bits per heavy atom. The van der Waals surface area contributed by atoms with Gasteiger partial charge in [-0.3, -0.25) is 4.79 Å². The summed E-state index contributed by atoms with van der Waals surface area (Å²) in [4.78, 5) is 24.3. The van der Waals surface area contributed by atoms with Crippen molar-refractivity contribution in [2.45, 2.75) is 30.7 Å². The summed E-state index contributed by atoms with van der Waals surface area (Å²) in [6, 6.07) is 11.4. The zero-order valence-electron chi connectivity index (χ0n) is 18.2. The molecule has 0 saturated heterocycles. The molecule has 1 aromatic carbocycles. The lowest BCUT2D eigenvalue weighted by atomic mass is 9.60. The maximum Gasteiger partial charge on any atom is 0.274 e. The van der Waals surface area contributed by atoms with Gasteiger partial charge in [0.05, 0.1) is 11.0 Å². The van der Waals surface area contributed by atoms with Gasteiger partial charge in [-0.25, -0.2) is 11.6 Å². The summed E-state index contributed by atoms with van der Waals surface area (Å²) in [6.45, 7) is 11.3. The zero-order valence-corrected chi connectivity index (χ0v) is 18.2. The second kappa shape index (κ2) is 8.02. The number of anilines is 1. The highest BCUT2D eigenvalue weighted by Crippen LogP contribution is 2.48. The summed E-state index contributed by atoms with van der Waals surface area (Å²) in [7, 11) is 1.93. The van der Waals surface area contributed by atoms with Crippen molar-refractivity contribution in [3.8, 4) is 0 Å². The molecule has 1 saturated carbocycles. The molecule has 0 aliphatic heterocycles. The lowest BCUT2D eigenvalue weighted by Gasteiger charge is -2.42. The fraction of sp³-hybridized carbons (Fsp3) is 0.240. The standard InChI is InChI=1S/C25H23N7O/c1-4-16-10-21(30-20-8-9-27-23(16)20)24(33)29-18-7-5-6-17(11-18)25(12-19(13-25)26-2)14-22-31-28-15-32(22)3/h4-11,15,19,27H,1,12-14H2,3H3,(H,29,33). The Balaban J connectivity index is 1.43. The molecule has 1 aliphatic rings. The second-order valence-corrected chi connectivity index (χ2v) is 8.58. The minimum absolute atomic E-state index is 0.00563. The molecule has 33 heavy (non-hydrogen) atoms. The van der Waals surface area contributed by atoms with Crippen LogP contribution in [0.15, 0.2) is 55.5 Å². The van der Waals surface area contributed by atoms with E-state index in [0.29, 0.717) is 23.3 Å². The number of aryl methyl sites for hydroxylation is 1. The number of fused-ring (bicyclic) bond motifs is 1. The van der Waals surface area contributed by atoms with Crippen LogP contribution in [-0.4, -0.2) is 36.7 Å². The van der Waals surface area contributed by atoms with E-state index in [1.54, 1.807) is 24.7 Å². The number of carbonyl (C=O) groups is 1. The topological polar surface area (TPSA) is 92.9 Å². The van der Waals surface area contributed by atoms with Crippen LogP contribution in [0.2, 0.25) is 0 Å². The molecule has 0 bridgehead atoms. The van der Waals surface area contributed by atoms with E-state index in [4.69, 9.17) is 6.57 Å². The van der Waals surface area contributed by atoms with Gasteiger partial charge in [-0.15, -0.1) is 10.2 Å². The third-order valence-corrected chi connectivity index (χ3v) is 6.47. The van der Waals surface area contributed by atoms with E-state index < -0.39 is 0 Å². The summed E-state index contributed by atoms with van der Waals surface area (Å²) >= 11 is 0. The molecule has 8 nitrogen and oxygen atoms in total. The van der Waals surface area contributed by atoms with E-state index >= 15 is 0 Å². The van der Waals surface area contributed by atoms with Crippen LogP contribution in [0.1, 0.15) is 40.3 Å². The van der Waals surface area contributed by atoms with Gasteiger partial charge in [-0.2, -0.15) is 0 Å². The highest BCUT2D eigenvalue weighted by Gasteiger charge is 2.50. The number of hydrogen-bond donors (Lipinski definition) is 2. The molecule has 0 atom stereocenters. The van der Waals surface area contributed by atoms with Gasteiger partial charge in [0.15, 0.2) is 0 Å². The first-order valence-electron chi connectivity index (χ1n) is 10.7. The lowest BCUT2D eigenvalue weighted by molar-refractivity contribution is 0.102. The molecule has 1 fully saturated rings. The van der Waals surface area contributed by atoms with E-state index in [1.807, 2.05) is 35.9 Å². The molecule has 1 amide bonds. The van der Waals surface area contributed by atoms with Gasteiger partial charge >= 0.3 is 0 Å². The number of H-pyrrole nitrogens is 1. The minimum atomic E-state index is -0.284. The van der Waals surface area contributed by atoms with Gasteiger partial charge in [0.1, 0.15) is 17.8 Å². The van der Waals surface area contributed by atoms with E-state index in [2.05, 4.69) is 43.0 Å². The fourth-order valence-electron chi connectivity index (χ4n) is 4.65. The summed E-state index contributed by atoms with van der Waals surface area (Å²) in [5, 5.41) is 11.2. The number of aromatic amines is 1.